The van der Waals surface area contributed by atoms with Crippen LogP contribution in [-0.2, 0) is 4.79 Å². The zero-order chi connectivity index (χ0) is 14.1. The van der Waals surface area contributed by atoms with Crippen LogP contribution in [0.3, 0.4) is 0 Å². The van der Waals surface area contributed by atoms with Gasteiger partial charge in [0, 0.05) is 32.1 Å². The predicted molar refractivity (Wildman–Crippen MR) is 80.3 cm³/mol. The van der Waals surface area contributed by atoms with Crippen LogP contribution in [0.5, 0.6) is 0 Å². The molecule has 112 valence electrons. The maximum Gasteiger partial charge on any atom is 0.223 e. The van der Waals surface area contributed by atoms with Gasteiger partial charge in [-0.3, -0.25) is 4.79 Å². The van der Waals surface area contributed by atoms with Gasteiger partial charge < -0.3 is 15.1 Å². The lowest BCUT2D eigenvalue weighted by molar-refractivity contribution is -0.131. The molecule has 1 saturated carbocycles. The number of carbonyl (C=O) groups is 1. The van der Waals surface area contributed by atoms with Gasteiger partial charge >= 0.3 is 0 Å². The Hall–Kier alpha value is -0.610. The van der Waals surface area contributed by atoms with Crippen molar-refractivity contribution < 1.29 is 4.79 Å². The second kappa shape index (κ2) is 9.32. The van der Waals surface area contributed by atoms with Gasteiger partial charge in [-0.1, -0.05) is 13.8 Å². The van der Waals surface area contributed by atoms with E-state index in [-0.39, 0.29) is 0 Å². The van der Waals surface area contributed by atoms with Crippen LogP contribution in [0.25, 0.3) is 0 Å². The average Bonchev–Trinajstić information content (AvgIpc) is 3.23. The maximum absolute atomic E-state index is 12.1. The molecule has 0 saturated heterocycles. The average molecular weight is 269 g/mol. The van der Waals surface area contributed by atoms with Crippen LogP contribution in [0.4, 0.5) is 0 Å². The van der Waals surface area contributed by atoms with E-state index in [1.54, 1.807) is 0 Å². The normalized spacial score (nSPS) is 14.9. The molecule has 0 aromatic carbocycles. The van der Waals surface area contributed by atoms with Gasteiger partial charge in [-0.05, 0) is 45.8 Å². The third-order valence-corrected chi connectivity index (χ3v) is 3.88. The van der Waals surface area contributed by atoms with Crippen molar-refractivity contribution in [2.24, 2.45) is 0 Å². The van der Waals surface area contributed by atoms with Gasteiger partial charge in [0.15, 0.2) is 0 Å². The van der Waals surface area contributed by atoms with Crippen LogP contribution in [-0.4, -0.2) is 61.0 Å². The molecule has 0 unspecified atom stereocenters. The van der Waals surface area contributed by atoms with Crippen LogP contribution in [0, 0.1) is 0 Å². The molecule has 0 bridgehead atoms. The predicted octanol–water partition coefficient (Wildman–Crippen LogP) is 1.71. The number of nitrogens with zero attached hydrogens (tertiary/aromatic N) is 2. The van der Waals surface area contributed by atoms with Gasteiger partial charge in [-0.2, -0.15) is 0 Å². The first kappa shape index (κ1) is 16.4. The summed E-state index contributed by atoms with van der Waals surface area (Å²) in [5.74, 6) is 0.301. The molecule has 0 aliphatic heterocycles. The molecule has 1 fully saturated rings. The Kier molecular flexibility index (Phi) is 8.07. The Morgan fingerprint density at radius 3 is 2.32 bits per heavy atom. The molecule has 4 heteroatoms. The zero-order valence-electron chi connectivity index (χ0n) is 13.0. The fourth-order valence-corrected chi connectivity index (χ4v) is 2.31. The Morgan fingerprint density at radius 1 is 1.11 bits per heavy atom. The first-order valence-corrected chi connectivity index (χ1v) is 7.94. The fraction of sp³-hybridized carbons (Fsp3) is 0.933. The summed E-state index contributed by atoms with van der Waals surface area (Å²) < 4.78 is 0. The van der Waals surface area contributed by atoms with E-state index in [2.05, 4.69) is 31.0 Å². The fourth-order valence-electron chi connectivity index (χ4n) is 2.31. The van der Waals surface area contributed by atoms with E-state index in [0.717, 1.165) is 45.7 Å². The van der Waals surface area contributed by atoms with Crippen molar-refractivity contribution in [1.29, 1.82) is 0 Å². The molecule has 0 aromatic rings. The monoisotopic (exact) mass is 269 g/mol. The number of nitrogens with one attached hydrogen (secondary N) is 1. The molecule has 0 aromatic heterocycles. The number of carbonyl (C=O) groups excluding carboxylic acids is 1. The van der Waals surface area contributed by atoms with Crippen molar-refractivity contribution in [2.45, 2.75) is 52.5 Å². The lowest BCUT2D eigenvalue weighted by atomic mass is 10.3. The van der Waals surface area contributed by atoms with Gasteiger partial charge in [0.1, 0.15) is 0 Å². The third-order valence-electron chi connectivity index (χ3n) is 3.88. The number of hydrogen-bond donors (Lipinski definition) is 1. The van der Waals surface area contributed by atoms with Crippen LogP contribution < -0.4 is 5.32 Å². The van der Waals surface area contributed by atoms with Gasteiger partial charge in [-0.15, -0.1) is 0 Å². The van der Waals surface area contributed by atoms with Gasteiger partial charge in [0.2, 0.25) is 5.91 Å². The molecule has 0 heterocycles. The zero-order valence-corrected chi connectivity index (χ0v) is 13.0. The minimum atomic E-state index is 0.301. The Labute approximate surface area is 118 Å². The summed E-state index contributed by atoms with van der Waals surface area (Å²) in [5.41, 5.74) is 0. The first-order valence-electron chi connectivity index (χ1n) is 7.94. The van der Waals surface area contributed by atoms with E-state index in [0.29, 0.717) is 18.4 Å². The molecular formula is C15H31N3O. The van der Waals surface area contributed by atoms with E-state index in [9.17, 15) is 4.79 Å². The SMILES string of the molecule is CCN(CC)CCCN(CC)C(=O)CCNC1CC1. The Morgan fingerprint density at radius 2 is 1.79 bits per heavy atom. The van der Waals surface area contributed by atoms with Crippen molar-refractivity contribution in [1.82, 2.24) is 15.1 Å². The minimum absolute atomic E-state index is 0.301. The Balaban J connectivity index is 2.13. The molecule has 0 atom stereocenters. The molecule has 1 N–H and O–H groups in total. The van der Waals surface area contributed by atoms with Crippen LogP contribution in [0.2, 0.25) is 0 Å². The van der Waals surface area contributed by atoms with Gasteiger partial charge in [0.05, 0.1) is 0 Å². The number of amides is 1. The van der Waals surface area contributed by atoms with Crippen molar-refractivity contribution in [3.63, 3.8) is 0 Å². The number of hydrogen-bond acceptors (Lipinski definition) is 3. The summed E-state index contributed by atoms with van der Waals surface area (Å²) in [4.78, 5) is 16.5. The second-order valence-corrected chi connectivity index (χ2v) is 5.33. The van der Waals surface area contributed by atoms with E-state index in [1.165, 1.54) is 12.8 Å². The van der Waals surface area contributed by atoms with E-state index in [1.807, 2.05) is 4.90 Å². The lowest BCUT2D eigenvalue weighted by Gasteiger charge is -2.23. The van der Waals surface area contributed by atoms with Crippen LogP contribution >= 0.6 is 0 Å². The third kappa shape index (κ3) is 6.92. The van der Waals surface area contributed by atoms with Crippen molar-refractivity contribution in [2.75, 3.05) is 39.3 Å². The second-order valence-electron chi connectivity index (χ2n) is 5.33. The summed E-state index contributed by atoms with van der Waals surface area (Å²) in [6.07, 6.45) is 4.30. The summed E-state index contributed by atoms with van der Waals surface area (Å²) in [6, 6.07) is 0.700. The summed E-state index contributed by atoms with van der Waals surface area (Å²) in [7, 11) is 0. The highest BCUT2D eigenvalue weighted by Crippen LogP contribution is 2.18. The molecular weight excluding hydrogens is 238 g/mol. The highest BCUT2D eigenvalue weighted by Gasteiger charge is 2.20. The minimum Gasteiger partial charge on any atom is -0.343 e. The standard InChI is InChI=1S/C15H31N3O/c1-4-17(5-2)12-7-13-18(6-3)15(19)10-11-16-14-8-9-14/h14,16H,4-13H2,1-3H3. The Bertz CT molecular complexity index is 250. The van der Waals surface area contributed by atoms with E-state index < -0.39 is 0 Å². The van der Waals surface area contributed by atoms with E-state index >= 15 is 0 Å². The smallest absolute Gasteiger partial charge is 0.223 e. The van der Waals surface area contributed by atoms with Crippen molar-refractivity contribution in [3.05, 3.63) is 0 Å². The molecule has 1 aliphatic rings. The van der Waals surface area contributed by atoms with Gasteiger partial charge in [-0.25, -0.2) is 0 Å². The maximum atomic E-state index is 12.1. The van der Waals surface area contributed by atoms with Gasteiger partial charge in [0.25, 0.3) is 0 Å². The lowest BCUT2D eigenvalue weighted by Crippen LogP contribution is -2.36. The molecule has 19 heavy (non-hydrogen) atoms. The molecule has 1 aliphatic carbocycles. The summed E-state index contributed by atoms with van der Waals surface area (Å²) in [5, 5.41) is 3.40. The largest absolute Gasteiger partial charge is 0.343 e. The number of rotatable bonds is 11. The van der Waals surface area contributed by atoms with Crippen LogP contribution in [0.1, 0.15) is 46.5 Å². The van der Waals surface area contributed by atoms with Crippen molar-refractivity contribution in [3.8, 4) is 0 Å². The summed E-state index contributed by atoms with van der Waals surface area (Å²) in [6.45, 7) is 12.3. The molecule has 0 spiro atoms. The summed E-state index contributed by atoms with van der Waals surface area (Å²) >= 11 is 0. The highest BCUT2D eigenvalue weighted by atomic mass is 16.2. The molecule has 4 nitrogen and oxygen atoms in total. The van der Waals surface area contributed by atoms with E-state index in [4.69, 9.17) is 0 Å². The van der Waals surface area contributed by atoms with Crippen LogP contribution in [0.15, 0.2) is 0 Å². The quantitative estimate of drug-likeness (QED) is 0.620. The molecule has 1 amide bonds. The topological polar surface area (TPSA) is 35.6 Å². The molecule has 1 rings (SSSR count). The van der Waals surface area contributed by atoms with Crippen molar-refractivity contribution >= 4 is 5.91 Å². The molecule has 0 radical (unpaired) electrons. The highest BCUT2D eigenvalue weighted by molar-refractivity contribution is 5.76. The first-order chi connectivity index (χ1) is 9.21.